The average molecular weight is 380 g/mol. The number of rotatable bonds is 5. The highest BCUT2D eigenvalue weighted by atomic mass is 32.2. The molecule has 9 heteroatoms. The minimum absolute atomic E-state index is 0.185. The van der Waals surface area contributed by atoms with Crippen LogP contribution in [0.5, 0.6) is 0 Å². The number of nitrogens with zero attached hydrogens (tertiary/aromatic N) is 1. The second kappa shape index (κ2) is 6.83. The van der Waals surface area contributed by atoms with E-state index in [2.05, 4.69) is 0 Å². The van der Waals surface area contributed by atoms with Gasteiger partial charge in [0.2, 0.25) is 10.0 Å². The standard InChI is InChI=1S/C17H14F2N2O4S/c18-14-6-3-7-15(19)13(14)10-26(24,25)20-16(22)9-21-8-11-4-1-2-5-12(11)17(21)23/h1-7H,8-10H2,(H,20,22). The number of halogens is 2. The number of nitrogens with one attached hydrogen (secondary N) is 1. The molecule has 26 heavy (non-hydrogen) atoms. The van der Waals surface area contributed by atoms with Crippen molar-refractivity contribution in [3.63, 3.8) is 0 Å². The van der Waals surface area contributed by atoms with Crippen LogP contribution in [0.3, 0.4) is 0 Å². The molecule has 0 aromatic heterocycles. The lowest BCUT2D eigenvalue weighted by Crippen LogP contribution is -2.40. The second-order valence-electron chi connectivity index (χ2n) is 5.80. The first-order valence-electron chi connectivity index (χ1n) is 7.60. The Bertz CT molecular complexity index is 972. The summed E-state index contributed by atoms with van der Waals surface area (Å²) in [4.78, 5) is 25.4. The van der Waals surface area contributed by atoms with E-state index in [0.29, 0.717) is 5.56 Å². The molecule has 1 heterocycles. The predicted molar refractivity (Wildman–Crippen MR) is 88.3 cm³/mol. The molecule has 2 amide bonds. The Balaban J connectivity index is 1.66. The summed E-state index contributed by atoms with van der Waals surface area (Å²) in [6.45, 7) is -0.295. The number of carbonyl (C=O) groups excluding carboxylic acids is 2. The van der Waals surface area contributed by atoms with Crippen LogP contribution in [0.2, 0.25) is 0 Å². The monoisotopic (exact) mass is 380 g/mol. The van der Waals surface area contributed by atoms with Crippen molar-refractivity contribution in [1.29, 1.82) is 0 Å². The van der Waals surface area contributed by atoms with Crippen LogP contribution in [0.4, 0.5) is 8.78 Å². The lowest BCUT2D eigenvalue weighted by molar-refractivity contribution is -0.120. The zero-order valence-corrected chi connectivity index (χ0v) is 14.2. The topological polar surface area (TPSA) is 83.6 Å². The van der Waals surface area contributed by atoms with E-state index in [4.69, 9.17) is 0 Å². The van der Waals surface area contributed by atoms with Crippen LogP contribution in [0.1, 0.15) is 21.5 Å². The molecule has 3 rings (SSSR count). The van der Waals surface area contributed by atoms with Gasteiger partial charge in [0.15, 0.2) is 0 Å². The molecule has 0 radical (unpaired) electrons. The molecule has 0 spiro atoms. The van der Waals surface area contributed by atoms with Gasteiger partial charge in [0.05, 0.1) is 0 Å². The number of benzene rings is 2. The van der Waals surface area contributed by atoms with E-state index in [1.807, 2.05) is 0 Å². The molecule has 1 aliphatic rings. The number of amides is 2. The van der Waals surface area contributed by atoms with Gasteiger partial charge in [0, 0.05) is 17.7 Å². The summed E-state index contributed by atoms with van der Waals surface area (Å²) >= 11 is 0. The molecule has 2 aromatic carbocycles. The Morgan fingerprint density at radius 1 is 1.08 bits per heavy atom. The summed E-state index contributed by atoms with van der Waals surface area (Å²) < 4.78 is 52.9. The van der Waals surface area contributed by atoms with Gasteiger partial charge in [-0.2, -0.15) is 0 Å². The first-order valence-corrected chi connectivity index (χ1v) is 9.25. The molecule has 0 saturated heterocycles. The smallest absolute Gasteiger partial charge is 0.254 e. The Morgan fingerprint density at radius 3 is 2.38 bits per heavy atom. The lowest BCUT2D eigenvalue weighted by atomic mass is 10.1. The maximum absolute atomic E-state index is 13.6. The minimum atomic E-state index is -4.32. The molecular formula is C17H14F2N2O4S. The van der Waals surface area contributed by atoms with Crippen LogP contribution in [0, 0.1) is 11.6 Å². The van der Waals surface area contributed by atoms with Gasteiger partial charge in [-0.05, 0) is 23.8 Å². The van der Waals surface area contributed by atoms with Crippen molar-refractivity contribution < 1.29 is 26.8 Å². The van der Waals surface area contributed by atoms with Crippen molar-refractivity contribution in [2.24, 2.45) is 0 Å². The number of hydrogen-bond donors (Lipinski definition) is 1. The van der Waals surface area contributed by atoms with Gasteiger partial charge in [-0.15, -0.1) is 0 Å². The van der Waals surface area contributed by atoms with E-state index in [9.17, 15) is 26.8 Å². The van der Waals surface area contributed by atoms with Crippen LogP contribution >= 0.6 is 0 Å². The molecule has 2 aromatic rings. The Labute approximate surface area is 148 Å². The third-order valence-electron chi connectivity index (χ3n) is 3.90. The van der Waals surface area contributed by atoms with Crippen molar-refractivity contribution in [3.05, 3.63) is 70.8 Å². The SMILES string of the molecule is O=C(CN1Cc2ccccc2C1=O)NS(=O)(=O)Cc1c(F)cccc1F. The molecule has 6 nitrogen and oxygen atoms in total. The summed E-state index contributed by atoms with van der Waals surface area (Å²) in [5.41, 5.74) is 0.538. The van der Waals surface area contributed by atoms with Gasteiger partial charge in [-0.25, -0.2) is 17.2 Å². The molecule has 0 aliphatic carbocycles. The van der Waals surface area contributed by atoms with Crippen LogP contribution < -0.4 is 4.72 Å². The average Bonchev–Trinajstić information content (AvgIpc) is 2.87. The Morgan fingerprint density at radius 2 is 1.73 bits per heavy atom. The van der Waals surface area contributed by atoms with E-state index >= 15 is 0 Å². The van der Waals surface area contributed by atoms with E-state index < -0.39 is 45.4 Å². The Kier molecular flexibility index (Phi) is 4.73. The Hall–Kier alpha value is -2.81. The quantitative estimate of drug-likeness (QED) is 0.854. The van der Waals surface area contributed by atoms with E-state index in [0.717, 1.165) is 23.8 Å². The maximum atomic E-state index is 13.6. The largest absolute Gasteiger partial charge is 0.325 e. The molecule has 0 saturated carbocycles. The van der Waals surface area contributed by atoms with Gasteiger partial charge in [-0.1, -0.05) is 24.3 Å². The van der Waals surface area contributed by atoms with Crippen LogP contribution in [0.15, 0.2) is 42.5 Å². The molecule has 0 bridgehead atoms. The highest BCUT2D eigenvalue weighted by Gasteiger charge is 2.29. The molecular weight excluding hydrogens is 366 g/mol. The van der Waals surface area contributed by atoms with Crippen molar-refractivity contribution >= 4 is 21.8 Å². The normalized spacial score (nSPS) is 13.6. The van der Waals surface area contributed by atoms with Gasteiger partial charge in [0.1, 0.15) is 23.9 Å². The fourth-order valence-corrected chi connectivity index (χ4v) is 3.86. The molecule has 1 N–H and O–H groups in total. The van der Waals surface area contributed by atoms with E-state index in [-0.39, 0.29) is 12.5 Å². The molecule has 136 valence electrons. The number of fused-ring (bicyclic) bond motifs is 1. The van der Waals surface area contributed by atoms with Crippen LogP contribution in [-0.4, -0.2) is 31.7 Å². The first kappa shape index (κ1) is 18.0. The lowest BCUT2D eigenvalue weighted by Gasteiger charge is -2.15. The number of sulfonamides is 1. The third kappa shape index (κ3) is 3.72. The predicted octanol–water partition coefficient (Wildman–Crippen LogP) is 1.57. The van der Waals surface area contributed by atoms with Gasteiger partial charge < -0.3 is 4.90 Å². The van der Waals surface area contributed by atoms with E-state index in [1.165, 1.54) is 4.90 Å². The second-order valence-corrected chi connectivity index (χ2v) is 7.53. The number of carbonyl (C=O) groups is 2. The van der Waals surface area contributed by atoms with Crippen molar-refractivity contribution in [3.8, 4) is 0 Å². The fraction of sp³-hybridized carbons (Fsp3) is 0.176. The molecule has 0 fully saturated rings. The van der Waals surface area contributed by atoms with Crippen molar-refractivity contribution in [2.75, 3.05) is 6.54 Å². The van der Waals surface area contributed by atoms with Crippen LogP contribution in [-0.2, 0) is 27.1 Å². The van der Waals surface area contributed by atoms with Gasteiger partial charge in [0.25, 0.3) is 11.8 Å². The first-order chi connectivity index (χ1) is 12.3. The summed E-state index contributed by atoms with van der Waals surface area (Å²) in [7, 11) is -4.32. The number of hydrogen-bond acceptors (Lipinski definition) is 4. The summed E-state index contributed by atoms with van der Waals surface area (Å²) in [5, 5.41) is 0. The third-order valence-corrected chi connectivity index (χ3v) is 5.10. The summed E-state index contributed by atoms with van der Waals surface area (Å²) in [5.74, 6) is -4.40. The van der Waals surface area contributed by atoms with Crippen LogP contribution in [0.25, 0.3) is 0 Å². The summed E-state index contributed by atoms with van der Waals surface area (Å²) in [6, 6.07) is 9.76. The minimum Gasteiger partial charge on any atom is -0.325 e. The molecule has 0 atom stereocenters. The zero-order valence-electron chi connectivity index (χ0n) is 13.4. The van der Waals surface area contributed by atoms with Crippen molar-refractivity contribution in [2.45, 2.75) is 12.3 Å². The van der Waals surface area contributed by atoms with Crippen molar-refractivity contribution in [1.82, 2.24) is 9.62 Å². The fourth-order valence-electron chi connectivity index (χ4n) is 2.72. The van der Waals surface area contributed by atoms with E-state index in [1.54, 1.807) is 29.0 Å². The highest BCUT2D eigenvalue weighted by Crippen LogP contribution is 2.22. The summed E-state index contributed by atoms with van der Waals surface area (Å²) in [6.07, 6.45) is 0. The van der Waals surface area contributed by atoms with Gasteiger partial charge in [-0.3, -0.25) is 14.3 Å². The molecule has 1 aliphatic heterocycles. The van der Waals surface area contributed by atoms with Gasteiger partial charge >= 0.3 is 0 Å². The maximum Gasteiger partial charge on any atom is 0.254 e. The highest BCUT2D eigenvalue weighted by molar-refractivity contribution is 7.89. The molecule has 0 unspecified atom stereocenters. The zero-order chi connectivity index (χ0) is 18.9.